The largest absolute Gasteiger partial charge is 0.265 e. The number of fused-ring (bicyclic) bond motifs is 3. The summed E-state index contributed by atoms with van der Waals surface area (Å²) in [5, 5.41) is 0. The van der Waals surface area contributed by atoms with Crippen molar-refractivity contribution in [2.24, 2.45) is 5.92 Å². The van der Waals surface area contributed by atoms with E-state index in [-0.39, 0.29) is 5.92 Å². The summed E-state index contributed by atoms with van der Waals surface area (Å²) in [6.45, 7) is 8.72. The summed E-state index contributed by atoms with van der Waals surface area (Å²) in [6.07, 6.45) is 0. The molecular formula is C22H21NO2S5. The van der Waals surface area contributed by atoms with E-state index in [1.54, 1.807) is 49.7 Å². The van der Waals surface area contributed by atoms with Crippen LogP contribution in [0, 0.1) is 19.8 Å². The summed E-state index contributed by atoms with van der Waals surface area (Å²) >= 11 is 6.87. The Morgan fingerprint density at radius 3 is 2.13 bits per heavy atom. The minimum absolute atomic E-state index is 0.243. The molecule has 0 fully saturated rings. The van der Waals surface area contributed by atoms with E-state index >= 15 is 0 Å². The van der Waals surface area contributed by atoms with Gasteiger partial charge in [0, 0.05) is 35.8 Å². The molecule has 30 heavy (non-hydrogen) atoms. The second-order valence-corrected chi connectivity index (χ2v) is 14.4. The Morgan fingerprint density at radius 2 is 1.47 bits per heavy atom. The Balaban J connectivity index is 1.64. The Morgan fingerprint density at radius 1 is 0.800 bits per heavy atom. The molecule has 0 aromatic carbocycles. The van der Waals surface area contributed by atoms with Gasteiger partial charge in [0.1, 0.15) is 4.90 Å². The lowest BCUT2D eigenvalue weighted by molar-refractivity contribution is 0.577. The quantitative estimate of drug-likeness (QED) is 0.293. The van der Waals surface area contributed by atoms with Gasteiger partial charge in [-0.3, -0.25) is 4.31 Å². The number of sulfonamides is 1. The molecule has 8 heteroatoms. The van der Waals surface area contributed by atoms with Crippen LogP contribution in [0.15, 0.2) is 41.3 Å². The highest BCUT2D eigenvalue weighted by atomic mass is 32.2. The van der Waals surface area contributed by atoms with E-state index in [1.807, 2.05) is 13.0 Å². The zero-order chi connectivity index (χ0) is 21.2. The Hall–Kier alpha value is -1.45. The molecule has 0 saturated carbocycles. The van der Waals surface area contributed by atoms with Gasteiger partial charge < -0.3 is 0 Å². The van der Waals surface area contributed by atoms with Gasteiger partial charge in [-0.25, -0.2) is 8.42 Å². The maximum atomic E-state index is 13.4. The fourth-order valence-electron chi connectivity index (χ4n) is 3.64. The van der Waals surface area contributed by atoms with Crippen molar-refractivity contribution in [2.45, 2.75) is 32.6 Å². The van der Waals surface area contributed by atoms with Gasteiger partial charge >= 0.3 is 0 Å². The molecule has 0 amide bonds. The van der Waals surface area contributed by atoms with Gasteiger partial charge in [-0.05, 0) is 56.2 Å². The van der Waals surface area contributed by atoms with Crippen LogP contribution in [0.1, 0.15) is 23.6 Å². The highest BCUT2D eigenvalue weighted by Crippen LogP contribution is 2.54. The molecule has 5 heterocycles. The summed E-state index contributed by atoms with van der Waals surface area (Å²) in [5.41, 5.74) is 0.833. The van der Waals surface area contributed by atoms with E-state index in [2.05, 4.69) is 51.1 Å². The molecule has 0 unspecified atom stereocenters. The third-order valence-corrected chi connectivity index (χ3v) is 11.7. The molecule has 4 aromatic heterocycles. The summed E-state index contributed by atoms with van der Waals surface area (Å²) in [4.78, 5) is 9.63. The SMILES string of the molecule is Cc1ccc(-c2ccc(-c3cc4c(s3)-c3sc(C)cc3S(=O)(=O)N4CC(C)C)s2)s1. The van der Waals surface area contributed by atoms with E-state index in [1.165, 1.54) is 19.5 Å². The van der Waals surface area contributed by atoms with Gasteiger partial charge in [0.25, 0.3) is 10.0 Å². The zero-order valence-corrected chi connectivity index (χ0v) is 21.1. The molecule has 0 spiro atoms. The molecular weight excluding hydrogens is 471 g/mol. The van der Waals surface area contributed by atoms with Crippen molar-refractivity contribution < 1.29 is 8.42 Å². The molecule has 0 aliphatic carbocycles. The molecule has 0 radical (unpaired) electrons. The average molecular weight is 492 g/mol. The predicted molar refractivity (Wildman–Crippen MR) is 133 cm³/mol. The number of aryl methyl sites for hydroxylation is 2. The molecule has 0 bridgehead atoms. The van der Waals surface area contributed by atoms with Gasteiger partial charge in [-0.1, -0.05) is 13.8 Å². The summed E-state index contributed by atoms with van der Waals surface area (Å²) in [5.74, 6) is 0.243. The Kier molecular flexibility index (Phi) is 4.98. The highest BCUT2D eigenvalue weighted by Gasteiger charge is 2.38. The molecule has 3 nitrogen and oxygen atoms in total. The molecule has 5 rings (SSSR count). The maximum Gasteiger partial charge on any atom is 0.265 e. The molecule has 1 aliphatic heterocycles. The first-order chi connectivity index (χ1) is 14.2. The molecule has 0 saturated heterocycles. The van der Waals surface area contributed by atoms with Crippen LogP contribution in [0.2, 0.25) is 0 Å². The lowest BCUT2D eigenvalue weighted by Gasteiger charge is -2.29. The summed E-state index contributed by atoms with van der Waals surface area (Å²) in [6, 6.07) is 12.6. The van der Waals surface area contributed by atoms with Gasteiger partial charge in [0.2, 0.25) is 0 Å². The predicted octanol–water partition coefficient (Wildman–Crippen LogP) is 7.72. The van der Waals surface area contributed by atoms with Crippen molar-refractivity contribution in [1.29, 1.82) is 0 Å². The van der Waals surface area contributed by atoms with E-state index in [0.717, 1.165) is 25.2 Å². The van der Waals surface area contributed by atoms with Crippen molar-refractivity contribution in [3.05, 3.63) is 46.2 Å². The monoisotopic (exact) mass is 491 g/mol. The van der Waals surface area contributed by atoms with Crippen LogP contribution in [0.3, 0.4) is 0 Å². The number of hydrogen-bond acceptors (Lipinski definition) is 6. The minimum atomic E-state index is -3.52. The third kappa shape index (κ3) is 3.29. The van der Waals surface area contributed by atoms with Gasteiger partial charge in [-0.15, -0.1) is 45.3 Å². The zero-order valence-electron chi connectivity index (χ0n) is 17.1. The normalized spacial score (nSPS) is 14.9. The highest BCUT2D eigenvalue weighted by molar-refractivity contribution is 7.93. The molecule has 0 N–H and O–H groups in total. The molecule has 4 aromatic rings. The standard InChI is InChI=1S/C22H21NO2S5/c1-12(2)11-23-15-10-19(18-8-7-17(28-18)16-6-5-13(3)26-16)29-21(15)22-20(30(23,24)25)9-14(4)27-22/h5-10,12H,11H2,1-4H3. The number of nitrogens with zero attached hydrogens (tertiary/aromatic N) is 1. The van der Waals surface area contributed by atoms with Crippen LogP contribution < -0.4 is 4.31 Å². The summed E-state index contributed by atoms with van der Waals surface area (Å²) < 4.78 is 28.4. The van der Waals surface area contributed by atoms with Gasteiger partial charge in [-0.2, -0.15) is 0 Å². The van der Waals surface area contributed by atoms with Gasteiger partial charge in [0.15, 0.2) is 0 Å². The number of hydrogen-bond donors (Lipinski definition) is 0. The number of thiophene rings is 4. The van der Waals surface area contributed by atoms with Crippen molar-refractivity contribution in [3.63, 3.8) is 0 Å². The van der Waals surface area contributed by atoms with Crippen molar-refractivity contribution >= 4 is 61.1 Å². The smallest absolute Gasteiger partial charge is 0.264 e. The number of anilines is 1. The fourth-order valence-corrected chi connectivity index (χ4v) is 10.3. The molecule has 1 aliphatic rings. The lowest BCUT2D eigenvalue weighted by Crippen LogP contribution is -2.36. The Bertz CT molecular complexity index is 1350. The topological polar surface area (TPSA) is 37.4 Å². The molecule has 156 valence electrons. The van der Waals surface area contributed by atoms with E-state index < -0.39 is 10.0 Å². The molecule has 0 atom stereocenters. The van der Waals surface area contributed by atoms with Crippen LogP contribution in [-0.2, 0) is 10.0 Å². The second-order valence-electron chi connectivity index (χ2n) is 7.88. The van der Waals surface area contributed by atoms with E-state index in [9.17, 15) is 8.42 Å². The van der Waals surface area contributed by atoms with Crippen molar-refractivity contribution in [3.8, 4) is 29.3 Å². The number of rotatable bonds is 4. The van der Waals surface area contributed by atoms with Crippen LogP contribution in [0.4, 0.5) is 5.69 Å². The first kappa shape index (κ1) is 20.5. The first-order valence-corrected chi connectivity index (χ1v) is 14.4. The van der Waals surface area contributed by atoms with E-state index in [0.29, 0.717) is 11.4 Å². The van der Waals surface area contributed by atoms with Crippen molar-refractivity contribution in [2.75, 3.05) is 10.8 Å². The first-order valence-electron chi connectivity index (χ1n) is 9.68. The Labute approximate surface area is 193 Å². The fraction of sp³-hybridized carbons (Fsp3) is 0.273. The third-order valence-electron chi connectivity index (χ3n) is 4.94. The van der Waals surface area contributed by atoms with E-state index in [4.69, 9.17) is 0 Å². The second kappa shape index (κ2) is 7.31. The van der Waals surface area contributed by atoms with Crippen molar-refractivity contribution in [1.82, 2.24) is 0 Å². The minimum Gasteiger partial charge on any atom is -0.264 e. The summed E-state index contributed by atoms with van der Waals surface area (Å²) in [7, 11) is -3.52. The maximum absolute atomic E-state index is 13.4. The average Bonchev–Trinajstić information content (AvgIpc) is 3.43. The van der Waals surface area contributed by atoms with Gasteiger partial charge in [0.05, 0.1) is 15.4 Å². The van der Waals surface area contributed by atoms with Crippen LogP contribution in [0.5, 0.6) is 0 Å². The lowest BCUT2D eigenvalue weighted by atomic mass is 10.2. The van der Waals surface area contributed by atoms with Crippen LogP contribution in [0.25, 0.3) is 29.3 Å². The van der Waals surface area contributed by atoms with Crippen LogP contribution >= 0.6 is 45.3 Å². The van der Waals surface area contributed by atoms with Crippen LogP contribution in [-0.4, -0.2) is 15.0 Å².